The van der Waals surface area contributed by atoms with Gasteiger partial charge in [-0.2, -0.15) is 0 Å². The first-order valence-corrected chi connectivity index (χ1v) is 14.8. The minimum atomic E-state index is -1.46. The highest BCUT2D eigenvalue weighted by Gasteiger charge is 2.41. The van der Waals surface area contributed by atoms with Crippen LogP contribution < -0.4 is 0 Å². The molecule has 0 radical (unpaired) electrons. The maximum atomic E-state index is 6.50. The lowest BCUT2D eigenvalue weighted by Crippen LogP contribution is -2.51. The Morgan fingerprint density at radius 2 is 1.42 bits per heavy atom. The summed E-state index contributed by atoms with van der Waals surface area (Å²) >= 11 is 0. The van der Waals surface area contributed by atoms with Crippen LogP contribution in [0.5, 0.6) is 0 Å². The molecular formula is C27H36O3Si. The summed E-state index contributed by atoms with van der Waals surface area (Å²) in [7, 11) is -1.46. The molecule has 0 amide bonds. The Bertz CT molecular complexity index is 851. The van der Waals surface area contributed by atoms with Crippen molar-refractivity contribution in [3.8, 4) is 11.5 Å². The van der Waals surface area contributed by atoms with Crippen molar-refractivity contribution in [1.29, 1.82) is 0 Å². The molecule has 2 aromatic rings. The molecular weight excluding hydrogens is 400 g/mol. The van der Waals surface area contributed by atoms with Gasteiger partial charge in [0.1, 0.15) is 20.3 Å². The van der Waals surface area contributed by atoms with Gasteiger partial charge in [0.25, 0.3) is 0 Å². The van der Waals surface area contributed by atoms with Crippen molar-refractivity contribution in [3.63, 3.8) is 0 Å². The van der Waals surface area contributed by atoms with Gasteiger partial charge in [0.05, 0.1) is 25.9 Å². The van der Waals surface area contributed by atoms with E-state index in [4.69, 9.17) is 14.2 Å². The molecule has 2 aromatic carbocycles. The molecule has 0 unspecified atom stereocenters. The van der Waals surface area contributed by atoms with Gasteiger partial charge in [-0.3, -0.25) is 0 Å². The van der Waals surface area contributed by atoms with E-state index in [-0.39, 0.29) is 18.3 Å². The number of hydrogen-bond acceptors (Lipinski definition) is 3. The third-order valence-electron chi connectivity index (χ3n) is 5.78. The van der Waals surface area contributed by atoms with Crippen LogP contribution in [0.2, 0.25) is 19.6 Å². The average molecular weight is 437 g/mol. The van der Waals surface area contributed by atoms with Crippen molar-refractivity contribution in [3.05, 3.63) is 71.8 Å². The van der Waals surface area contributed by atoms with E-state index >= 15 is 0 Å². The predicted molar refractivity (Wildman–Crippen MR) is 129 cm³/mol. The maximum absolute atomic E-state index is 6.50. The van der Waals surface area contributed by atoms with Crippen LogP contribution in [0.4, 0.5) is 0 Å². The molecule has 3 rings (SSSR count). The monoisotopic (exact) mass is 436 g/mol. The smallest absolute Gasteiger partial charge is 0.129 e. The van der Waals surface area contributed by atoms with E-state index in [9.17, 15) is 0 Å². The van der Waals surface area contributed by atoms with Crippen LogP contribution in [-0.4, -0.2) is 33.0 Å². The van der Waals surface area contributed by atoms with Crippen molar-refractivity contribution in [2.75, 3.05) is 6.61 Å². The standard InChI is InChI=1S/C27H36O3Si/c1-21-22(2)27(29-19-24-14-10-7-11-15-24)26(30-25(21)16-17-31(3,4)5)20-28-18-23-12-8-6-9-13-23/h6-15,21-22,25-27H,18-20H2,1-5H3/t21-,22+,25+,26+,27-/m0/s1. The Balaban J connectivity index is 1.70. The normalized spacial score (nSPS) is 26.2. The SMILES string of the molecule is C[C@@H]1[C@H](C)[C@@H](C#C[Si](C)(C)C)O[C@H](COCc2ccccc2)[C@H]1OCc1ccccc1. The fraction of sp³-hybridized carbons (Fsp3) is 0.481. The Morgan fingerprint density at radius 3 is 2.00 bits per heavy atom. The molecule has 166 valence electrons. The van der Waals surface area contributed by atoms with Gasteiger partial charge in [0, 0.05) is 0 Å². The molecule has 1 aliphatic rings. The summed E-state index contributed by atoms with van der Waals surface area (Å²) in [6.07, 6.45) is -0.251. The molecule has 1 aliphatic heterocycles. The van der Waals surface area contributed by atoms with Crippen molar-refractivity contribution in [1.82, 2.24) is 0 Å². The van der Waals surface area contributed by atoms with Gasteiger partial charge < -0.3 is 14.2 Å². The molecule has 0 aromatic heterocycles. The second kappa shape index (κ2) is 11.1. The summed E-state index contributed by atoms with van der Waals surface area (Å²) < 4.78 is 19.0. The van der Waals surface area contributed by atoms with Gasteiger partial charge in [-0.05, 0) is 23.0 Å². The molecule has 4 heteroatoms. The van der Waals surface area contributed by atoms with Crippen molar-refractivity contribution in [2.45, 2.75) is 65.0 Å². The summed E-state index contributed by atoms with van der Waals surface area (Å²) in [6, 6.07) is 20.6. The van der Waals surface area contributed by atoms with Crippen LogP contribution in [0.15, 0.2) is 60.7 Å². The number of rotatable bonds is 7. The topological polar surface area (TPSA) is 27.7 Å². The molecule has 0 N–H and O–H groups in total. The van der Waals surface area contributed by atoms with Gasteiger partial charge >= 0.3 is 0 Å². The predicted octanol–water partition coefficient (Wildman–Crippen LogP) is 5.71. The second-order valence-electron chi connectivity index (χ2n) is 9.59. The maximum Gasteiger partial charge on any atom is 0.129 e. The van der Waals surface area contributed by atoms with Crippen LogP contribution in [0, 0.1) is 23.3 Å². The number of benzene rings is 2. The zero-order chi connectivity index (χ0) is 22.3. The minimum Gasteiger partial charge on any atom is -0.374 e. The van der Waals surface area contributed by atoms with Crippen LogP contribution in [0.1, 0.15) is 25.0 Å². The zero-order valence-electron chi connectivity index (χ0n) is 19.5. The fourth-order valence-corrected chi connectivity index (χ4v) is 4.36. The van der Waals surface area contributed by atoms with E-state index in [1.807, 2.05) is 36.4 Å². The number of ether oxygens (including phenoxy) is 3. The summed E-state index contributed by atoms with van der Waals surface area (Å²) in [4.78, 5) is 0. The Labute approximate surface area is 189 Å². The van der Waals surface area contributed by atoms with Crippen LogP contribution in [-0.2, 0) is 27.4 Å². The van der Waals surface area contributed by atoms with Gasteiger partial charge in [-0.25, -0.2) is 0 Å². The molecule has 1 heterocycles. The molecule has 0 aliphatic carbocycles. The molecule has 0 bridgehead atoms. The Morgan fingerprint density at radius 1 is 0.839 bits per heavy atom. The van der Waals surface area contributed by atoms with Gasteiger partial charge in [0.2, 0.25) is 0 Å². The van der Waals surface area contributed by atoms with Crippen LogP contribution in [0.25, 0.3) is 0 Å². The first-order valence-electron chi connectivity index (χ1n) is 11.3. The highest BCUT2D eigenvalue weighted by atomic mass is 28.3. The Hall–Kier alpha value is -1.90. The lowest BCUT2D eigenvalue weighted by Gasteiger charge is -2.43. The third kappa shape index (κ3) is 7.33. The molecule has 1 saturated heterocycles. The molecule has 0 saturated carbocycles. The summed E-state index contributed by atoms with van der Waals surface area (Å²) in [5, 5.41) is 0. The van der Waals surface area contributed by atoms with Gasteiger partial charge in [0.15, 0.2) is 0 Å². The van der Waals surface area contributed by atoms with Gasteiger partial charge in [-0.15, -0.1) is 5.54 Å². The number of hydrogen-bond donors (Lipinski definition) is 0. The fourth-order valence-electron chi connectivity index (χ4n) is 3.78. The van der Waals surface area contributed by atoms with Crippen molar-refractivity contribution >= 4 is 8.07 Å². The second-order valence-corrected chi connectivity index (χ2v) is 14.3. The molecule has 1 fully saturated rings. The van der Waals surface area contributed by atoms with Crippen molar-refractivity contribution in [2.24, 2.45) is 11.8 Å². The largest absolute Gasteiger partial charge is 0.374 e. The van der Waals surface area contributed by atoms with E-state index in [2.05, 4.69) is 69.2 Å². The molecule has 31 heavy (non-hydrogen) atoms. The van der Waals surface area contributed by atoms with E-state index in [0.29, 0.717) is 31.7 Å². The zero-order valence-corrected chi connectivity index (χ0v) is 20.5. The van der Waals surface area contributed by atoms with Crippen molar-refractivity contribution < 1.29 is 14.2 Å². The van der Waals surface area contributed by atoms with E-state index in [0.717, 1.165) is 5.56 Å². The van der Waals surface area contributed by atoms with Crippen LogP contribution >= 0.6 is 0 Å². The first kappa shape index (κ1) is 23.8. The Kier molecular flexibility index (Phi) is 8.51. The highest BCUT2D eigenvalue weighted by Crippen LogP contribution is 2.33. The van der Waals surface area contributed by atoms with Gasteiger partial charge in [-0.1, -0.05) is 100 Å². The summed E-state index contributed by atoms with van der Waals surface area (Å²) in [5.74, 6) is 4.08. The van der Waals surface area contributed by atoms with E-state index < -0.39 is 8.07 Å². The summed E-state index contributed by atoms with van der Waals surface area (Å²) in [6.45, 7) is 12.9. The van der Waals surface area contributed by atoms with E-state index in [1.54, 1.807) is 0 Å². The minimum absolute atomic E-state index is 0.0316. The lowest BCUT2D eigenvalue weighted by molar-refractivity contribution is -0.192. The summed E-state index contributed by atoms with van der Waals surface area (Å²) in [5.41, 5.74) is 5.84. The average Bonchev–Trinajstić information content (AvgIpc) is 2.75. The molecule has 3 nitrogen and oxygen atoms in total. The third-order valence-corrected chi connectivity index (χ3v) is 6.68. The molecule has 0 spiro atoms. The van der Waals surface area contributed by atoms with E-state index in [1.165, 1.54) is 5.56 Å². The van der Waals surface area contributed by atoms with Crippen LogP contribution in [0.3, 0.4) is 0 Å². The molecule has 5 atom stereocenters. The highest BCUT2D eigenvalue weighted by molar-refractivity contribution is 6.83. The first-order chi connectivity index (χ1) is 14.8. The lowest BCUT2D eigenvalue weighted by atomic mass is 9.81. The quantitative estimate of drug-likeness (QED) is 0.411.